The lowest BCUT2D eigenvalue weighted by atomic mass is 9.85. The molecule has 1 fully saturated rings. The van der Waals surface area contributed by atoms with Gasteiger partial charge in [0.05, 0.1) is 6.61 Å². The molecule has 0 heterocycles. The van der Waals surface area contributed by atoms with Crippen molar-refractivity contribution in [1.29, 1.82) is 0 Å². The summed E-state index contributed by atoms with van der Waals surface area (Å²) in [5.41, 5.74) is 0. The van der Waals surface area contributed by atoms with E-state index in [4.69, 9.17) is 18.5 Å². The molecule has 0 aromatic carbocycles. The second-order valence-electron chi connectivity index (χ2n) is 18.0. The van der Waals surface area contributed by atoms with Crippen LogP contribution in [0.3, 0.4) is 0 Å². The van der Waals surface area contributed by atoms with Gasteiger partial charge in [-0.05, 0) is 12.8 Å². The lowest BCUT2D eigenvalue weighted by Crippen LogP contribution is -2.64. The molecular formula is C48H93O13P. The number of carbonyl (C=O) groups is 2. The van der Waals surface area contributed by atoms with Gasteiger partial charge in [0.1, 0.15) is 43.2 Å². The van der Waals surface area contributed by atoms with Gasteiger partial charge in [0, 0.05) is 12.8 Å². The van der Waals surface area contributed by atoms with Gasteiger partial charge < -0.3 is 39.9 Å². The number of rotatable bonds is 43. The van der Waals surface area contributed by atoms with Gasteiger partial charge in [-0.2, -0.15) is 0 Å². The smallest absolute Gasteiger partial charge is 0.462 e. The van der Waals surface area contributed by atoms with Crippen LogP contribution in [0.4, 0.5) is 0 Å². The molecule has 14 heteroatoms. The minimum atomic E-state index is -5.11. The van der Waals surface area contributed by atoms with E-state index in [-0.39, 0.29) is 12.8 Å². The van der Waals surface area contributed by atoms with Crippen LogP contribution in [0, 0.1) is 0 Å². The monoisotopic (exact) mass is 909 g/mol. The molecule has 0 aliphatic heterocycles. The summed E-state index contributed by atoms with van der Waals surface area (Å²) in [6.07, 6.45) is 27.5. The number of ether oxygens (including phenoxy) is 2. The van der Waals surface area contributed by atoms with Crippen molar-refractivity contribution in [2.24, 2.45) is 0 Å². The number of unbranched alkanes of at least 4 members (excludes halogenated alkanes) is 31. The second-order valence-corrected chi connectivity index (χ2v) is 19.4. The Morgan fingerprint density at radius 3 is 1.06 bits per heavy atom. The summed E-state index contributed by atoms with van der Waals surface area (Å²) in [7, 11) is -5.11. The van der Waals surface area contributed by atoms with Crippen LogP contribution in [0.2, 0.25) is 0 Å². The standard InChI is InChI=1S/C48H93O13P/c1-3-5-7-9-11-13-15-16-17-18-19-20-21-22-23-24-25-26-27-29-31-33-35-37-42(50)60-40(38-58-41(49)36-34-32-30-28-14-12-10-8-6-4-2)39-59-62(56,57)61-48-46(54)44(52)43(51)45(53)47(48)55/h40,43-48,51-55H,3-39H2,1-2H3,(H,56,57). The molecule has 6 unspecified atom stereocenters. The zero-order valence-corrected chi connectivity index (χ0v) is 40.1. The number of phosphoric ester groups is 1. The van der Waals surface area contributed by atoms with E-state index >= 15 is 0 Å². The van der Waals surface area contributed by atoms with Crippen LogP contribution in [0.1, 0.15) is 239 Å². The van der Waals surface area contributed by atoms with Crippen molar-refractivity contribution in [2.45, 2.75) is 281 Å². The predicted octanol–water partition coefficient (Wildman–Crippen LogP) is 10.5. The normalized spacial score (nSPS) is 21.7. The highest BCUT2D eigenvalue weighted by Crippen LogP contribution is 2.47. The third-order valence-corrected chi connectivity index (χ3v) is 13.2. The van der Waals surface area contributed by atoms with Gasteiger partial charge in [0.2, 0.25) is 0 Å². The molecule has 0 aromatic heterocycles. The molecule has 6 N–H and O–H groups in total. The summed E-state index contributed by atoms with van der Waals surface area (Å²) in [5.74, 6) is -1.08. The summed E-state index contributed by atoms with van der Waals surface area (Å²) < 4.78 is 33.5. The summed E-state index contributed by atoms with van der Waals surface area (Å²) in [6.45, 7) is 3.32. The first-order valence-electron chi connectivity index (χ1n) is 25.3. The van der Waals surface area contributed by atoms with E-state index in [1.54, 1.807) is 0 Å². The van der Waals surface area contributed by atoms with Crippen molar-refractivity contribution >= 4 is 19.8 Å². The second kappa shape index (κ2) is 39.1. The van der Waals surface area contributed by atoms with Crippen molar-refractivity contribution in [1.82, 2.24) is 0 Å². The van der Waals surface area contributed by atoms with Gasteiger partial charge in [-0.25, -0.2) is 4.57 Å². The van der Waals surface area contributed by atoms with Gasteiger partial charge in [-0.1, -0.05) is 213 Å². The average Bonchev–Trinajstić information content (AvgIpc) is 3.25. The van der Waals surface area contributed by atoms with Gasteiger partial charge in [-0.3, -0.25) is 18.6 Å². The summed E-state index contributed by atoms with van der Waals surface area (Å²) >= 11 is 0. The maximum Gasteiger partial charge on any atom is 0.472 e. The van der Waals surface area contributed by atoms with E-state index in [2.05, 4.69) is 13.8 Å². The molecule has 0 saturated heterocycles. The number of aliphatic hydroxyl groups is 5. The van der Waals surface area contributed by atoms with E-state index in [0.717, 1.165) is 38.5 Å². The minimum Gasteiger partial charge on any atom is -0.462 e. The van der Waals surface area contributed by atoms with Crippen molar-refractivity contribution in [2.75, 3.05) is 13.2 Å². The molecule has 62 heavy (non-hydrogen) atoms. The van der Waals surface area contributed by atoms with Gasteiger partial charge in [0.15, 0.2) is 6.10 Å². The van der Waals surface area contributed by atoms with E-state index in [1.807, 2.05) is 0 Å². The highest BCUT2D eigenvalue weighted by atomic mass is 31.2. The van der Waals surface area contributed by atoms with Crippen LogP contribution in [-0.2, 0) is 32.7 Å². The maximum atomic E-state index is 12.8. The zero-order chi connectivity index (χ0) is 45.7. The lowest BCUT2D eigenvalue weighted by Gasteiger charge is -2.41. The lowest BCUT2D eigenvalue weighted by molar-refractivity contribution is -0.220. The van der Waals surface area contributed by atoms with Crippen LogP contribution < -0.4 is 0 Å². The highest BCUT2D eigenvalue weighted by molar-refractivity contribution is 7.47. The molecule has 1 rings (SSSR count). The van der Waals surface area contributed by atoms with Crippen LogP contribution in [0.5, 0.6) is 0 Å². The molecule has 0 aromatic rings. The van der Waals surface area contributed by atoms with Crippen LogP contribution in [0.15, 0.2) is 0 Å². The first-order valence-corrected chi connectivity index (χ1v) is 26.8. The summed E-state index contributed by atoms with van der Waals surface area (Å²) in [4.78, 5) is 35.7. The fourth-order valence-corrected chi connectivity index (χ4v) is 9.09. The summed E-state index contributed by atoms with van der Waals surface area (Å²) in [5, 5.41) is 50.2. The van der Waals surface area contributed by atoms with Crippen LogP contribution >= 0.6 is 7.82 Å². The van der Waals surface area contributed by atoms with Crippen molar-refractivity contribution in [3.63, 3.8) is 0 Å². The fraction of sp³-hybridized carbons (Fsp3) is 0.958. The zero-order valence-electron chi connectivity index (χ0n) is 39.2. The van der Waals surface area contributed by atoms with Gasteiger partial charge >= 0.3 is 19.8 Å². The third kappa shape index (κ3) is 30.9. The molecule has 0 amide bonds. The number of aliphatic hydroxyl groups excluding tert-OH is 5. The molecular weight excluding hydrogens is 815 g/mol. The highest BCUT2D eigenvalue weighted by Gasteiger charge is 2.51. The SMILES string of the molecule is CCCCCCCCCCCCCCCCCCCCCCCCCC(=O)OC(COC(=O)CCCCCCCCCCCC)COP(=O)(O)OC1C(O)C(O)C(O)C(O)C1O. The molecule has 6 atom stereocenters. The Morgan fingerprint density at radius 1 is 0.435 bits per heavy atom. The van der Waals surface area contributed by atoms with E-state index in [9.17, 15) is 44.6 Å². The minimum absolute atomic E-state index is 0.105. The molecule has 1 aliphatic rings. The Hall–Kier alpha value is -1.15. The number of hydrogen-bond acceptors (Lipinski definition) is 12. The van der Waals surface area contributed by atoms with Crippen LogP contribution in [-0.4, -0.2) is 98.3 Å². The van der Waals surface area contributed by atoms with Crippen LogP contribution in [0.25, 0.3) is 0 Å². The Morgan fingerprint density at radius 2 is 0.726 bits per heavy atom. The number of esters is 2. The Bertz CT molecular complexity index is 1100. The molecule has 0 spiro atoms. The Balaban J connectivity index is 2.32. The number of phosphoric acid groups is 1. The largest absolute Gasteiger partial charge is 0.472 e. The maximum absolute atomic E-state index is 12.8. The number of carbonyl (C=O) groups excluding carboxylic acids is 2. The van der Waals surface area contributed by atoms with Crippen molar-refractivity contribution < 1.29 is 63.1 Å². The van der Waals surface area contributed by atoms with Crippen molar-refractivity contribution in [3.05, 3.63) is 0 Å². The van der Waals surface area contributed by atoms with Gasteiger partial charge in [-0.15, -0.1) is 0 Å². The topological polar surface area (TPSA) is 210 Å². The molecule has 1 aliphatic carbocycles. The average molecular weight is 909 g/mol. The van der Waals surface area contributed by atoms with E-state index in [0.29, 0.717) is 12.8 Å². The third-order valence-electron chi connectivity index (χ3n) is 12.2. The number of hydrogen-bond donors (Lipinski definition) is 6. The van der Waals surface area contributed by atoms with Gasteiger partial charge in [0.25, 0.3) is 0 Å². The molecule has 13 nitrogen and oxygen atoms in total. The van der Waals surface area contributed by atoms with Crippen molar-refractivity contribution in [3.8, 4) is 0 Å². The molecule has 0 radical (unpaired) electrons. The van der Waals surface area contributed by atoms with E-state index in [1.165, 1.54) is 161 Å². The molecule has 368 valence electrons. The molecule has 0 bridgehead atoms. The quantitative estimate of drug-likeness (QED) is 0.0191. The first kappa shape index (κ1) is 58.9. The Labute approximate surface area is 376 Å². The molecule has 1 saturated carbocycles. The van der Waals surface area contributed by atoms with E-state index < -0.39 is 75.7 Å². The summed E-state index contributed by atoms with van der Waals surface area (Å²) in [6, 6.07) is 0. The predicted molar refractivity (Wildman–Crippen MR) is 244 cm³/mol. The fourth-order valence-electron chi connectivity index (χ4n) is 8.11. The first-order chi connectivity index (χ1) is 29.9. The Kier molecular flexibility index (Phi) is 37.1.